The zero-order valence-electron chi connectivity index (χ0n) is 19.3. The van der Waals surface area contributed by atoms with E-state index < -0.39 is 0 Å². The molecule has 170 valence electrons. The van der Waals surface area contributed by atoms with Crippen molar-refractivity contribution in [3.05, 3.63) is 54.4 Å². The molecular weight excluding hydrogens is 404 g/mol. The van der Waals surface area contributed by atoms with E-state index in [1.807, 2.05) is 44.4 Å². The van der Waals surface area contributed by atoms with Crippen LogP contribution in [0.4, 0.5) is 22.7 Å². The van der Waals surface area contributed by atoms with Gasteiger partial charge in [-0.15, -0.1) is 0 Å². The topological polar surface area (TPSA) is 101 Å². The largest absolute Gasteiger partial charge is 0.508 e. The van der Waals surface area contributed by atoms with E-state index in [1.54, 1.807) is 30.1 Å². The van der Waals surface area contributed by atoms with Gasteiger partial charge in [0.2, 0.25) is 0 Å². The van der Waals surface area contributed by atoms with Gasteiger partial charge in [-0.25, -0.2) is 0 Å². The molecule has 1 aromatic heterocycles. The Bertz CT molecular complexity index is 1090. The number of hydrogen-bond donors (Lipinski definition) is 3. The number of rotatable bonds is 9. The van der Waals surface area contributed by atoms with Crippen LogP contribution in [0.5, 0.6) is 11.5 Å². The Morgan fingerprint density at radius 3 is 2.69 bits per heavy atom. The Balaban J connectivity index is 2.00. The van der Waals surface area contributed by atoms with Crippen molar-refractivity contribution in [1.29, 1.82) is 0 Å². The number of aromatic nitrogens is 2. The minimum absolute atomic E-state index is 0.141. The minimum Gasteiger partial charge on any atom is -0.508 e. The third-order valence-corrected chi connectivity index (χ3v) is 5.05. The van der Waals surface area contributed by atoms with E-state index in [0.717, 1.165) is 29.2 Å². The molecule has 32 heavy (non-hydrogen) atoms. The van der Waals surface area contributed by atoms with E-state index >= 15 is 0 Å². The molecule has 0 radical (unpaired) electrons. The molecule has 0 aliphatic rings. The van der Waals surface area contributed by atoms with Crippen molar-refractivity contribution in [2.24, 2.45) is 12.0 Å². The number of benzene rings is 2. The molecule has 0 bridgehead atoms. The lowest BCUT2D eigenvalue weighted by molar-refractivity contribution is 0.408. The van der Waals surface area contributed by atoms with Crippen LogP contribution in [0.1, 0.15) is 26.3 Å². The maximum absolute atomic E-state index is 10.2. The van der Waals surface area contributed by atoms with Gasteiger partial charge in [-0.05, 0) is 25.1 Å². The number of aliphatic imine (C=N–C) groups is 1. The van der Waals surface area contributed by atoms with Gasteiger partial charge in [-0.2, -0.15) is 5.10 Å². The second-order valence-corrected chi connectivity index (χ2v) is 7.99. The third-order valence-electron chi connectivity index (χ3n) is 5.05. The lowest BCUT2D eigenvalue weighted by Crippen LogP contribution is -2.32. The average molecular weight is 437 g/mol. The number of phenols is 1. The van der Waals surface area contributed by atoms with Crippen LogP contribution < -0.4 is 20.7 Å². The summed E-state index contributed by atoms with van der Waals surface area (Å²) >= 11 is 0. The Kier molecular flexibility index (Phi) is 7.37. The van der Waals surface area contributed by atoms with Crippen molar-refractivity contribution in [2.75, 3.05) is 30.8 Å². The monoisotopic (exact) mass is 436 g/mol. The summed E-state index contributed by atoms with van der Waals surface area (Å²) in [5.41, 5.74) is 11.0. The number of phenolic OH excluding ortho intramolecular Hbond substituents is 1. The number of nitrogens with two attached hydrogens (primary N) is 1. The smallest absolute Gasteiger partial charge is 0.124 e. The van der Waals surface area contributed by atoms with E-state index in [-0.39, 0.29) is 5.75 Å². The summed E-state index contributed by atoms with van der Waals surface area (Å²) in [6.07, 6.45) is 3.70. The van der Waals surface area contributed by atoms with Crippen LogP contribution in [0.2, 0.25) is 0 Å². The Hall–Kier alpha value is -3.52. The zero-order chi connectivity index (χ0) is 23.3. The fraction of sp³-hybridized carbons (Fsp3) is 0.333. The van der Waals surface area contributed by atoms with Crippen molar-refractivity contribution in [3.8, 4) is 11.5 Å². The van der Waals surface area contributed by atoms with Crippen LogP contribution >= 0.6 is 0 Å². The molecule has 0 saturated heterocycles. The van der Waals surface area contributed by atoms with Crippen LogP contribution in [0, 0.1) is 0 Å². The quantitative estimate of drug-likeness (QED) is 0.346. The Morgan fingerprint density at radius 2 is 2.03 bits per heavy atom. The fourth-order valence-electron chi connectivity index (χ4n) is 3.36. The van der Waals surface area contributed by atoms with Crippen molar-refractivity contribution in [2.45, 2.75) is 26.8 Å². The molecule has 0 atom stereocenters. The highest BCUT2D eigenvalue weighted by Crippen LogP contribution is 2.35. The summed E-state index contributed by atoms with van der Waals surface area (Å²) in [5, 5.41) is 17.9. The number of nitrogens with one attached hydrogen (secondary N) is 1. The molecular formula is C24H32N6O2. The molecule has 0 fully saturated rings. The van der Waals surface area contributed by atoms with Crippen molar-refractivity contribution < 1.29 is 9.84 Å². The molecule has 4 N–H and O–H groups in total. The SMILES string of the molecule is COc1cc(O)cc(N(CCNC(C)C)c2ccc(N)c(N=C(C)c3cnn(C)c3)c2)c1. The number of ether oxygens (including phenoxy) is 1. The second kappa shape index (κ2) is 10.2. The molecule has 8 heteroatoms. The number of hydrogen-bond acceptors (Lipinski definition) is 7. The highest BCUT2D eigenvalue weighted by atomic mass is 16.5. The first-order valence-corrected chi connectivity index (χ1v) is 10.6. The lowest BCUT2D eigenvalue weighted by Gasteiger charge is -2.27. The molecule has 2 aromatic carbocycles. The van der Waals surface area contributed by atoms with Crippen LogP contribution in [-0.2, 0) is 7.05 Å². The van der Waals surface area contributed by atoms with Gasteiger partial charge < -0.3 is 25.8 Å². The molecule has 8 nitrogen and oxygen atoms in total. The predicted molar refractivity (Wildman–Crippen MR) is 131 cm³/mol. The number of anilines is 3. The molecule has 3 aromatic rings. The number of aromatic hydroxyl groups is 1. The maximum atomic E-state index is 10.2. The molecule has 0 unspecified atom stereocenters. The number of nitrogens with zero attached hydrogens (tertiary/aromatic N) is 4. The fourth-order valence-corrected chi connectivity index (χ4v) is 3.36. The first kappa shape index (κ1) is 23.1. The average Bonchev–Trinajstić information content (AvgIpc) is 3.18. The molecule has 0 aliphatic carbocycles. The highest BCUT2D eigenvalue weighted by Gasteiger charge is 2.14. The molecule has 0 saturated carbocycles. The molecule has 3 rings (SSSR count). The number of aryl methyl sites for hydroxylation is 1. The van der Waals surface area contributed by atoms with Gasteiger partial charge in [-0.3, -0.25) is 9.67 Å². The third kappa shape index (κ3) is 5.79. The van der Waals surface area contributed by atoms with Crippen molar-refractivity contribution >= 4 is 28.5 Å². The normalized spacial score (nSPS) is 11.8. The standard InChI is InChI=1S/C24H32N6O2/c1-16(2)26-8-9-30(20-10-21(31)13-22(11-20)32-5)19-6-7-23(25)24(12-19)28-17(3)18-14-27-29(4)15-18/h6-7,10-16,26,31H,8-9,25H2,1-5H3. The van der Waals surface area contributed by atoms with E-state index in [0.29, 0.717) is 29.7 Å². The van der Waals surface area contributed by atoms with Crippen LogP contribution in [0.25, 0.3) is 0 Å². The van der Waals surface area contributed by atoms with Gasteiger partial charge in [0, 0.05) is 73.2 Å². The first-order chi connectivity index (χ1) is 15.3. The second-order valence-electron chi connectivity index (χ2n) is 7.99. The van der Waals surface area contributed by atoms with Crippen molar-refractivity contribution in [3.63, 3.8) is 0 Å². The Labute approximate surface area is 189 Å². The van der Waals surface area contributed by atoms with Gasteiger partial charge in [-0.1, -0.05) is 13.8 Å². The molecule has 0 aliphatic heterocycles. The summed E-state index contributed by atoms with van der Waals surface area (Å²) in [6, 6.07) is 11.3. The van der Waals surface area contributed by atoms with E-state index in [2.05, 4.69) is 29.2 Å². The van der Waals surface area contributed by atoms with E-state index in [1.165, 1.54) is 0 Å². The summed E-state index contributed by atoms with van der Waals surface area (Å²) in [5.74, 6) is 0.727. The van der Waals surface area contributed by atoms with Gasteiger partial charge >= 0.3 is 0 Å². The van der Waals surface area contributed by atoms with Gasteiger partial charge in [0.05, 0.1) is 24.7 Å². The summed E-state index contributed by atoms with van der Waals surface area (Å²) < 4.78 is 7.10. The highest BCUT2D eigenvalue weighted by molar-refractivity contribution is 6.00. The van der Waals surface area contributed by atoms with E-state index in [9.17, 15) is 5.11 Å². The molecule has 1 heterocycles. The summed E-state index contributed by atoms with van der Waals surface area (Å²) in [7, 11) is 3.46. The summed E-state index contributed by atoms with van der Waals surface area (Å²) in [6.45, 7) is 7.60. The molecule has 0 spiro atoms. The summed E-state index contributed by atoms with van der Waals surface area (Å²) in [4.78, 5) is 6.87. The maximum Gasteiger partial charge on any atom is 0.124 e. The lowest BCUT2D eigenvalue weighted by atomic mass is 10.1. The zero-order valence-corrected chi connectivity index (χ0v) is 19.3. The van der Waals surface area contributed by atoms with Gasteiger partial charge in [0.1, 0.15) is 11.5 Å². The first-order valence-electron chi connectivity index (χ1n) is 10.6. The Morgan fingerprint density at radius 1 is 1.25 bits per heavy atom. The number of nitrogen functional groups attached to an aromatic ring is 1. The van der Waals surface area contributed by atoms with Crippen LogP contribution in [0.15, 0.2) is 53.8 Å². The van der Waals surface area contributed by atoms with Crippen LogP contribution in [0.3, 0.4) is 0 Å². The van der Waals surface area contributed by atoms with Gasteiger partial charge in [0.25, 0.3) is 0 Å². The van der Waals surface area contributed by atoms with E-state index in [4.69, 9.17) is 15.5 Å². The molecule has 0 amide bonds. The van der Waals surface area contributed by atoms with Crippen molar-refractivity contribution in [1.82, 2.24) is 15.1 Å². The predicted octanol–water partition coefficient (Wildman–Crippen LogP) is 3.99. The minimum atomic E-state index is 0.141. The number of methoxy groups -OCH3 is 1. The van der Waals surface area contributed by atoms with Crippen LogP contribution in [-0.4, -0.2) is 46.8 Å². The van der Waals surface area contributed by atoms with Gasteiger partial charge in [0.15, 0.2) is 0 Å².